The van der Waals surface area contributed by atoms with E-state index in [4.69, 9.17) is 5.73 Å². The van der Waals surface area contributed by atoms with Crippen molar-refractivity contribution in [2.24, 2.45) is 5.92 Å². The lowest BCUT2D eigenvalue weighted by atomic mass is 10.2. The van der Waals surface area contributed by atoms with Crippen molar-refractivity contribution < 1.29 is 5.11 Å². The minimum Gasteiger partial charge on any atom is -0.396 e. The van der Waals surface area contributed by atoms with Gasteiger partial charge in [-0.3, -0.25) is 9.58 Å². The third kappa shape index (κ3) is 6.88. The molecular weight excluding hydrogens is 254 g/mol. The first-order chi connectivity index (χ1) is 9.36. The van der Waals surface area contributed by atoms with Crippen LogP contribution in [0.5, 0.6) is 0 Å². The van der Waals surface area contributed by atoms with Gasteiger partial charge < -0.3 is 15.7 Å². The SMILES string of the molecule is CC(C)CN(CCN(C)C)CC(O)Cn1cc(N)cn1. The fourth-order valence-corrected chi connectivity index (χ4v) is 2.17. The van der Waals surface area contributed by atoms with Crippen LogP contribution in [-0.2, 0) is 6.54 Å². The molecule has 1 atom stereocenters. The molecule has 1 rings (SSSR count). The Hall–Kier alpha value is -1.11. The number of nitrogen functional groups attached to an aromatic ring is 1. The van der Waals surface area contributed by atoms with E-state index in [1.54, 1.807) is 17.1 Å². The summed E-state index contributed by atoms with van der Waals surface area (Å²) < 4.78 is 1.69. The molecule has 6 heteroatoms. The van der Waals surface area contributed by atoms with Crippen molar-refractivity contribution in [1.29, 1.82) is 0 Å². The van der Waals surface area contributed by atoms with E-state index in [-0.39, 0.29) is 0 Å². The molecule has 0 radical (unpaired) electrons. The van der Waals surface area contributed by atoms with Gasteiger partial charge in [-0.25, -0.2) is 0 Å². The van der Waals surface area contributed by atoms with E-state index in [0.717, 1.165) is 19.6 Å². The summed E-state index contributed by atoms with van der Waals surface area (Å²) in [7, 11) is 4.13. The first kappa shape index (κ1) is 16.9. The second kappa shape index (κ2) is 8.24. The molecule has 0 aliphatic carbocycles. The van der Waals surface area contributed by atoms with Gasteiger partial charge >= 0.3 is 0 Å². The van der Waals surface area contributed by atoms with Gasteiger partial charge in [0.25, 0.3) is 0 Å². The number of likely N-dealkylation sites (N-methyl/N-ethyl adjacent to an activating group) is 1. The molecule has 0 saturated carbocycles. The van der Waals surface area contributed by atoms with Gasteiger partial charge in [0.15, 0.2) is 0 Å². The first-order valence-corrected chi connectivity index (χ1v) is 7.20. The maximum absolute atomic E-state index is 10.2. The van der Waals surface area contributed by atoms with Crippen molar-refractivity contribution in [3.63, 3.8) is 0 Å². The van der Waals surface area contributed by atoms with Crippen molar-refractivity contribution in [1.82, 2.24) is 19.6 Å². The average molecular weight is 283 g/mol. The van der Waals surface area contributed by atoms with Gasteiger partial charge in [0.05, 0.1) is 24.5 Å². The van der Waals surface area contributed by atoms with Crippen LogP contribution in [0.1, 0.15) is 13.8 Å². The van der Waals surface area contributed by atoms with Gasteiger partial charge in [-0.2, -0.15) is 5.10 Å². The number of aliphatic hydroxyl groups is 1. The highest BCUT2D eigenvalue weighted by Crippen LogP contribution is 2.04. The predicted octanol–water partition coefficient (Wildman–Crippen LogP) is 0.346. The van der Waals surface area contributed by atoms with Crippen LogP contribution in [-0.4, -0.2) is 71.1 Å². The predicted molar refractivity (Wildman–Crippen MR) is 82.5 cm³/mol. The van der Waals surface area contributed by atoms with Crippen molar-refractivity contribution in [3.05, 3.63) is 12.4 Å². The molecule has 116 valence electrons. The molecule has 1 unspecified atom stereocenters. The van der Waals surface area contributed by atoms with Crippen molar-refractivity contribution >= 4 is 5.69 Å². The molecule has 6 nitrogen and oxygen atoms in total. The topological polar surface area (TPSA) is 70.5 Å². The summed E-state index contributed by atoms with van der Waals surface area (Å²) in [4.78, 5) is 4.47. The Morgan fingerprint density at radius 1 is 1.30 bits per heavy atom. The molecule has 1 heterocycles. The number of nitrogens with two attached hydrogens (primary N) is 1. The van der Waals surface area contributed by atoms with Crippen LogP contribution in [0.25, 0.3) is 0 Å². The van der Waals surface area contributed by atoms with Crippen LogP contribution in [0.2, 0.25) is 0 Å². The number of nitrogens with zero attached hydrogens (tertiary/aromatic N) is 4. The zero-order valence-electron chi connectivity index (χ0n) is 13.2. The molecule has 0 bridgehead atoms. The van der Waals surface area contributed by atoms with Crippen molar-refractivity contribution in [2.75, 3.05) is 46.0 Å². The minimum atomic E-state index is -0.435. The van der Waals surface area contributed by atoms with Crippen LogP contribution < -0.4 is 5.73 Å². The average Bonchev–Trinajstić information content (AvgIpc) is 2.70. The maximum atomic E-state index is 10.2. The molecule has 0 aromatic carbocycles. The monoisotopic (exact) mass is 283 g/mol. The molecule has 0 fully saturated rings. The van der Waals surface area contributed by atoms with Crippen LogP contribution in [0.15, 0.2) is 12.4 Å². The molecule has 1 aromatic rings. The first-order valence-electron chi connectivity index (χ1n) is 7.20. The van der Waals surface area contributed by atoms with E-state index < -0.39 is 6.10 Å². The zero-order valence-corrected chi connectivity index (χ0v) is 13.2. The summed E-state index contributed by atoms with van der Waals surface area (Å²) in [6.45, 7) is 8.48. The number of rotatable bonds is 9. The van der Waals surface area contributed by atoms with Gasteiger partial charge in [0.1, 0.15) is 0 Å². The van der Waals surface area contributed by atoms with Gasteiger partial charge in [0, 0.05) is 32.4 Å². The van der Waals surface area contributed by atoms with Crippen molar-refractivity contribution in [3.8, 4) is 0 Å². The number of aliphatic hydroxyl groups excluding tert-OH is 1. The number of anilines is 1. The lowest BCUT2D eigenvalue weighted by Crippen LogP contribution is -2.40. The van der Waals surface area contributed by atoms with E-state index in [1.165, 1.54) is 0 Å². The van der Waals surface area contributed by atoms with Gasteiger partial charge in [0.2, 0.25) is 0 Å². The summed E-state index contributed by atoms with van der Waals surface area (Å²) in [6, 6.07) is 0. The molecule has 0 spiro atoms. The Morgan fingerprint density at radius 2 is 2.00 bits per heavy atom. The summed E-state index contributed by atoms with van der Waals surface area (Å²) in [6.07, 6.45) is 2.91. The second-order valence-electron chi connectivity index (χ2n) is 6.11. The molecule has 20 heavy (non-hydrogen) atoms. The third-order valence-corrected chi connectivity index (χ3v) is 3.01. The Balaban J connectivity index is 2.45. The van der Waals surface area contributed by atoms with Crippen LogP contribution in [0.3, 0.4) is 0 Å². The summed E-state index contributed by atoms with van der Waals surface area (Å²) in [5.74, 6) is 0.588. The van der Waals surface area contributed by atoms with Gasteiger partial charge in [-0.1, -0.05) is 13.8 Å². The molecule has 0 aliphatic rings. The van der Waals surface area contributed by atoms with Crippen LogP contribution in [0.4, 0.5) is 5.69 Å². The minimum absolute atomic E-state index is 0.435. The second-order valence-corrected chi connectivity index (χ2v) is 6.11. The van der Waals surface area contributed by atoms with Gasteiger partial charge in [-0.05, 0) is 20.0 Å². The normalized spacial score (nSPS) is 13.6. The Morgan fingerprint density at radius 3 is 2.50 bits per heavy atom. The molecule has 0 amide bonds. The third-order valence-electron chi connectivity index (χ3n) is 3.01. The lowest BCUT2D eigenvalue weighted by molar-refractivity contribution is 0.0857. The highest BCUT2D eigenvalue weighted by molar-refractivity contribution is 5.30. The number of hydrogen-bond donors (Lipinski definition) is 2. The summed E-state index contributed by atoms with van der Waals surface area (Å²) >= 11 is 0. The largest absolute Gasteiger partial charge is 0.396 e. The standard InChI is InChI=1S/C14H29N5O/c1-12(2)8-18(6-5-17(3)4)10-14(20)11-19-9-13(15)7-16-19/h7,9,12,14,20H,5-6,8,10-11,15H2,1-4H3. The van der Waals surface area contributed by atoms with E-state index >= 15 is 0 Å². The molecule has 3 N–H and O–H groups in total. The van der Waals surface area contributed by atoms with Gasteiger partial charge in [-0.15, -0.1) is 0 Å². The van der Waals surface area contributed by atoms with E-state index in [9.17, 15) is 5.11 Å². The van der Waals surface area contributed by atoms with E-state index in [0.29, 0.717) is 24.7 Å². The molecular formula is C14H29N5O. The molecule has 0 saturated heterocycles. The maximum Gasteiger partial charge on any atom is 0.0862 e. The lowest BCUT2D eigenvalue weighted by Gasteiger charge is -2.27. The summed E-state index contributed by atoms with van der Waals surface area (Å²) in [5, 5.41) is 14.3. The highest BCUT2D eigenvalue weighted by Gasteiger charge is 2.14. The quantitative estimate of drug-likeness (QED) is 0.684. The van der Waals surface area contributed by atoms with E-state index in [1.807, 2.05) is 0 Å². The summed E-state index contributed by atoms with van der Waals surface area (Å²) in [5.41, 5.74) is 6.25. The van der Waals surface area contributed by atoms with Crippen LogP contribution >= 0.6 is 0 Å². The number of aromatic nitrogens is 2. The Labute approximate surface area is 122 Å². The molecule has 1 aromatic heterocycles. The zero-order chi connectivity index (χ0) is 15.1. The fourth-order valence-electron chi connectivity index (χ4n) is 2.17. The van der Waals surface area contributed by atoms with Crippen LogP contribution in [0, 0.1) is 5.92 Å². The Bertz CT molecular complexity index is 377. The van der Waals surface area contributed by atoms with E-state index in [2.05, 4.69) is 42.8 Å². The molecule has 0 aliphatic heterocycles. The Kier molecular flexibility index (Phi) is 6.98. The fraction of sp³-hybridized carbons (Fsp3) is 0.786. The number of hydrogen-bond acceptors (Lipinski definition) is 5. The van der Waals surface area contributed by atoms with Crippen molar-refractivity contribution in [2.45, 2.75) is 26.5 Å². The highest BCUT2D eigenvalue weighted by atomic mass is 16.3. The smallest absolute Gasteiger partial charge is 0.0862 e.